The molecular weight excluding hydrogens is 302 g/mol. The number of methoxy groups -OCH3 is 1. The van der Waals surface area contributed by atoms with Crippen LogP contribution in [-0.4, -0.2) is 37.0 Å². The van der Waals surface area contributed by atoms with Crippen LogP contribution in [0.2, 0.25) is 0 Å². The molecule has 4 rings (SSSR count). The zero-order valence-corrected chi connectivity index (χ0v) is 14.1. The van der Waals surface area contributed by atoms with E-state index in [4.69, 9.17) is 9.47 Å². The first-order valence-electron chi connectivity index (χ1n) is 8.69. The van der Waals surface area contributed by atoms with Crippen molar-refractivity contribution >= 4 is 5.82 Å². The van der Waals surface area contributed by atoms with Crippen LogP contribution in [0, 0.1) is 5.92 Å². The zero-order chi connectivity index (χ0) is 16.4. The Hall–Kier alpha value is -2.30. The first kappa shape index (κ1) is 15.2. The molecular formula is C19H23N3O2. The van der Waals surface area contributed by atoms with E-state index in [1.54, 1.807) is 7.11 Å². The fraction of sp³-hybridized carbons (Fsp3) is 0.474. The number of nitrogens with zero attached hydrogens (tertiary/aromatic N) is 3. The van der Waals surface area contributed by atoms with Gasteiger partial charge in [-0.25, -0.2) is 0 Å². The summed E-state index contributed by atoms with van der Waals surface area (Å²) in [7, 11) is 1.68. The van der Waals surface area contributed by atoms with Crippen molar-refractivity contribution in [3.8, 4) is 11.5 Å². The summed E-state index contributed by atoms with van der Waals surface area (Å²) in [6.07, 6.45) is 4.39. The van der Waals surface area contributed by atoms with Gasteiger partial charge in [0.25, 0.3) is 0 Å². The van der Waals surface area contributed by atoms with Crippen molar-refractivity contribution in [2.24, 2.45) is 5.92 Å². The number of para-hydroxylation sites is 1. The van der Waals surface area contributed by atoms with Gasteiger partial charge >= 0.3 is 0 Å². The number of anilines is 1. The van der Waals surface area contributed by atoms with E-state index in [-0.39, 0.29) is 0 Å². The van der Waals surface area contributed by atoms with E-state index >= 15 is 0 Å². The highest BCUT2D eigenvalue weighted by Crippen LogP contribution is 2.36. The van der Waals surface area contributed by atoms with Crippen LogP contribution < -0.4 is 14.4 Å². The van der Waals surface area contributed by atoms with Crippen LogP contribution in [0.1, 0.15) is 24.1 Å². The highest BCUT2D eigenvalue weighted by Gasteiger charge is 2.23. The molecule has 0 amide bonds. The number of hydrogen-bond acceptors (Lipinski definition) is 5. The standard InChI is InChI=1S/C19H23N3O2/c1-23-17-6-4-5-15-11-14(13-24-19(15)17)12-16-7-8-18(21-20-16)22-9-2-3-10-22/h4-8,14H,2-3,9-13H2,1H3. The van der Waals surface area contributed by atoms with E-state index < -0.39 is 0 Å². The molecule has 1 unspecified atom stereocenters. The van der Waals surface area contributed by atoms with Gasteiger partial charge in [-0.2, -0.15) is 5.10 Å². The molecule has 126 valence electrons. The topological polar surface area (TPSA) is 47.5 Å². The van der Waals surface area contributed by atoms with Crippen LogP contribution in [0.4, 0.5) is 5.82 Å². The predicted molar refractivity (Wildman–Crippen MR) is 92.9 cm³/mol. The number of rotatable bonds is 4. The molecule has 5 nitrogen and oxygen atoms in total. The van der Waals surface area contributed by atoms with Crippen LogP contribution in [0.25, 0.3) is 0 Å². The normalized spacial score (nSPS) is 19.7. The molecule has 2 aromatic rings. The van der Waals surface area contributed by atoms with Crippen LogP contribution >= 0.6 is 0 Å². The molecule has 0 N–H and O–H groups in total. The van der Waals surface area contributed by atoms with Gasteiger partial charge in [-0.3, -0.25) is 0 Å². The number of ether oxygens (including phenoxy) is 2. The molecule has 1 aromatic carbocycles. The van der Waals surface area contributed by atoms with Gasteiger partial charge in [0.2, 0.25) is 0 Å². The van der Waals surface area contributed by atoms with Gasteiger partial charge in [-0.05, 0) is 49.4 Å². The van der Waals surface area contributed by atoms with Crippen LogP contribution in [0.15, 0.2) is 30.3 Å². The Morgan fingerprint density at radius 2 is 2.04 bits per heavy atom. The molecule has 0 radical (unpaired) electrons. The van der Waals surface area contributed by atoms with Crippen LogP contribution in [0.5, 0.6) is 11.5 Å². The SMILES string of the molecule is COc1cccc2c1OCC(Cc1ccc(N3CCCC3)nn1)C2. The van der Waals surface area contributed by atoms with E-state index in [1.807, 2.05) is 12.1 Å². The molecule has 1 fully saturated rings. The molecule has 0 bridgehead atoms. The monoisotopic (exact) mass is 325 g/mol. The third kappa shape index (κ3) is 3.03. The summed E-state index contributed by atoms with van der Waals surface area (Å²) in [5.74, 6) is 3.15. The average Bonchev–Trinajstić information content (AvgIpc) is 3.16. The molecule has 0 aliphatic carbocycles. The fourth-order valence-electron chi connectivity index (χ4n) is 3.62. The molecule has 0 saturated carbocycles. The Morgan fingerprint density at radius 3 is 2.79 bits per heavy atom. The zero-order valence-electron chi connectivity index (χ0n) is 14.1. The maximum atomic E-state index is 5.95. The smallest absolute Gasteiger partial charge is 0.164 e. The van der Waals surface area contributed by atoms with Gasteiger partial charge in [-0.15, -0.1) is 5.10 Å². The lowest BCUT2D eigenvalue weighted by atomic mass is 9.92. The number of fused-ring (bicyclic) bond motifs is 1. The summed E-state index contributed by atoms with van der Waals surface area (Å²) in [4.78, 5) is 2.31. The molecule has 1 saturated heterocycles. The Morgan fingerprint density at radius 1 is 1.17 bits per heavy atom. The van der Waals surface area contributed by atoms with E-state index in [1.165, 1.54) is 18.4 Å². The lowest BCUT2D eigenvalue weighted by Crippen LogP contribution is -2.24. The molecule has 1 atom stereocenters. The third-order valence-electron chi connectivity index (χ3n) is 4.89. The van der Waals surface area contributed by atoms with Crippen molar-refractivity contribution in [2.45, 2.75) is 25.7 Å². The van der Waals surface area contributed by atoms with Crippen molar-refractivity contribution in [1.29, 1.82) is 0 Å². The molecule has 0 spiro atoms. The highest BCUT2D eigenvalue weighted by atomic mass is 16.5. The maximum absolute atomic E-state index is 5.95. The second kappa shape index (κ2) is 6.67. The summed E-state index contributed by atoms with van der Waals surface area (Å²) in [6.45, 7) is 2.90. The van der Waals surface area contributed by atoms with Crippen LogP contribution in [0.3, 0.4) is 0 Å². The lowest BCUT2D eigenvalue weighted by Gasteiger charge is -2.26. The Kier molecular flexibility index (Phi) is 4.24. The fourth-order valence-corrected chi connectivity index (χ4v) is 3.62. The summed E-state index contributed by atoms with van der Waals surface area (Å²) in [5, 5.41) is 8.85. The van der Waals surface area contributed by atoms with Gasteiger partial charge in [0, 0.05) is 19.0 Å². The minimum absolute atomic E-state index is 0.427. The molecule has 2 aliphatic heterocycles. The first-order valence-corrected chi connectivity index (χ1v) is 8.69. The van der Waals surface area contributed by atoms with E-state index in [9.17, 15) is 0 Å². The largest absolute Gasteiger partial charge is 0.493 e. The van der Waals surface area contributed by atoms with Gasteiger partial charge in [0.1, 0.15) is 0 Å². The van der Waals surface area contributed by atoms with Crippen LogP contribution in [-0.2, 0) is 12.8 Å². The maximum Gasteiger partial charge on any atom is 0.164 e. The first-order chi connectivity index (χ1) is 11.8. The number of hydrogen-bond donors (Lipinski definition) is 0. The second-order valence-corrected chi connectivity index (χ2v) is 6.61. The Balaban J connectivity index is 1.42. The van der Waals surface area contributed by atoms with Gasteiger partial charge in [0.05, 0.1) is 19.4 Å². The third-order valence-corrected chi connectivity index (χ3v) is 4.89. The highest BCUT2D eigenvalue weighted by molar-refractivity contribution is 5.47. The van der Waals surface area contributed by atoms with Crippen molar-refractivity contribution in [2.75, 3.05) is 31.7 Å². The molecule has 24 heavy (non-hydrogen) atoms. The lowest BCUT2D eigenvalue weighted by molar-refractivity contribution is 0.210. The average molecular weight is 325 g/mol. The summed E-state index contributed by atoms with van der Waals surface area (Å²) in [6, 6.07) is 10.3. The molecule has 3 heterocycles. The second-order valence-electron chi connectivity index (χ2n) is 6.61. The summed E-state index contributed by atoms with van der Waals surface area (Å²) in [5.41, 5.74) is 2.25. The van der Waals surface area contributed by atoms with Crippen molar-refractivity contribution in [3.63, 3.8) is 0 Å². The van der Waals surface area contributed by atoms with Gasteiger partial charge in [0.15, 0.2) is 17.3 Å². The Labute approximate surface area is 142 Å². The van der Waals surface area contributed by atoms with E-state index in [2.05, 4.69) is 33.3 Å². The summed E-state index contributed by atoms with van der Waals surface area (Å²) >= 11 is 0. The van der Waals surface area contributed by atoms with Crippen molar-refractivity contribution in [1.82, 2.24) is 10.2 Å². The predicted octanol–water partition coefficient (Wildman–Crippen LogP) is 2.88. The minimum Gasteiger partial charge on any atom is -0.493 e. The molecule has 2 aliphatic rings. The minimum atomic E-state index is 0.427. The number of benzene rings is 1. The van der Waals surface area contributed by atoms with E-state index in [0.717, 1.165) is 48.9 Å². The van der Waals surface area contributed by atoms with Gasteiger partial charge < -0.3 is 14.4 Å². The number of aromatic nitrogens is 2. The molecule has 5 heteroatoms. The Bertz CT molecular complexity index is 696. The summed E-state index contributed by atoms with van der Waals surface area (Å²) < 4.78 is 11.3. The molecule has 1 aromatic heterocycles. The van der Waals surface area contributed by atoms with E-state index in [0.29, 0.717) is 12.5 Å². The van der Waals surface area contributed by atoms with Crippen molar-refractivity contribution < 1.29 is 9.47 Å². The van der Waals surface area contributed by atoms with Gasteiger partial charge in [-0.1, -0.05) is 12.1 Å². The van der Waals surface area contributed by atoms with Crippen molar-refractivity contribution in [3.05, 3.63) is 41.6 Å². The quantitative estimate of drug-likeness (QED) is 0.865.